The summed E-state index contributed by atoms with van der Waals surface area (Å²) >= 11 is 16.5. The first-order chi connectivity index (χ1) is 59.8. The van der Waals surface area contributed by atoms with Crippen LogP contribution >= 0.6 is 34.8 Å². The number of nitrogens with one attached hydrogen (secondary N) is 5. The maximum absolute atomic E-state index is 13.4. The van der Waals surface area contributed by atoms with Gasteiger partial charge in [-0.3, -0.25) is 45.3 Å². The Balaban J connectivity index is 0.000000238. The Morgan fingerprint density at radius 3 is 0.928 bits per heavy atom. The normalized spacial score (nSPS) is 10.4. The summed E-state index contributed by atoms with van der Waals surface area (Å²) in [6.45, 7) is 28.5. The van der Waals surface area contributed by atoms with E-state index < -0.39 is 37.2 Å². The van der Waals surface area contributed by atoms with Crippen LogP contribution in [0.15, 0.2) is 188 Å². The van der Waals surface area contributed by atoms with Gasteiger partial charge in [0.05, 0.1) is 37.5 Å². The Bertz CT molecular complexity index is 5170. The number of hydrogen-bond acceptors (Lipinski definition) is 25. The number of hydrogen-bond donors (Lipinski definition) is 6. The fraction of sp³-hybridized carbons (Fsp3) is 0.291. The van der Waals surface area contributed by atoms with E-state index in [4.69, 9.17) is 40.5 Å². The zero-order chi connectivity index (χ0) is 91.8. The third-order valence-electron chi connectivity index (χ3n) is 18.3. The predicted octanol–water partition coefficient (Wildman–Crippen LogP) is 20.4. The van der Waals surface area contributed by atoms with Crippen LogP contribution in [0.2, 0.25) is 15.5 Å². The fourth-order valence-electron chi connectivity index (χ4n) is 11.7. The number of nitrogens with zero attached hydrogens (tertiary/aromatic N) is 15. The number of pyridine rings is 6. The zero-order valence-corrected chi connectivity index (χ0v) is 72.6. The van der Waals surface area contributed by atoms with E-state index in [1.54, 1.807) is 77.7 Å². The minimum atomic E-state index is -0.727. The number of aromatic nitrogens is 6. The van der Waals surface area contributed by atoms with Crippen LogP contribution in [-0.4, -0.2) is 121 Å². The van der Waals surface area contributed by atoms with Gasteiger partial charge in [-0.1, -0.05) is 83.3 Å². The molecule has 0 saturated heterocycles. The second-order valence-electron chi connectivity index (χ2n) is 26.5. The van der Waals surface area contributed by atoms with Gasteiger partial charge in [0.25, 0.3) is 0 Å². The first kappa shape index (κ1) is 100. The van der Waals surface area contributed by atoms with Crippen molar-refractivity contribution in [2.24, 2.45) is 0 Å². The summed E-state index contributed by atoms with van der Waals surface area (Å²) in [6.07, 6.45) is -0.170. The van der Waals surface area contributed by atoms with E-state index in [2.05, 4.69) is 75.2 Å². The first-order valence-corrected chi connectivity index (χ1v) is 40.7. The molecular formula is C86H98Cl3F6N21O9. The second-order valence-corrected chi connectivity index (χ2v) is 27.6. The van der Waals surface area contributed by atoms with E-state index >= 15 is 0 Å². The molecule has 1 amide bonds. The number of halogens is 9. The Labute approximate surface area is 734 Å². The number of rotatable bonds is 34. The zero-order valence-electron chi connectivity index (χ0n) is 70.4. The average molecular weight is 1790 g/mol. The summed E-state index contributed by atoms with van der Waals surface area (Å²) in [6, 6.07) is 46.5. The Hall–Kier alpha value is -13.5. The highest BCUT2D eigenvalue weighted by molar-refractivity contribution is 6.33. The van der Waals surface area contributed by atoms with Crippen molar-refractivity contribution >= 4 is 127 Å². The van der Waals surface area contributed by atoms with Crippen LogP contribution in [-0.2, 0) is 37.4 Å². The predicted molar refractivity (Wildman–Crippen MR) is 483 cm³/mol. The van der Waals surface area contributed by atoms with Gasteiger partial charge in [-0.05, 0) is 206 Å². The molecule has 39 heteroatoms. The van der Waals surface area contributed by atoms with Crippen LogP contribution in [0.25, 0.3) is 0 Å². The number of nitro groups is 4. The van der Waals surface area contributed by atoms with Crippen molar-refractivity contribution in [1.82, 2.24) is 29.9 Å². The summed E-state index contributed by atoms with van der Waals surface area (Å²) in [5, 5.41) is 58.9. The lowest BCUT2D eigenvalue weighted by Gasteiger charge is -2.24. The smallest absolute Gasteiger partial charge is 0.311 e. The monoisotopic (exact) mass is 1790 g/mol. The Morgan fingerprint density at radius 1 is 0.328 bits per heavy atom. The SMILES string of the molecule is CCN(CC)c1nc(Cl)ccc1[N+](=O)[O-].CCN(CC)c1nc(NCc2ccc(F)cc2)ccc1N.CCN(CC)c1nc(NCc2ccc(F)cc2)ccc1NC(=O)Cc1cc(F)cc(F)c1.CCN(CC)c1nc(NCc2ccc(F)cc2)ccc1[N+](=O)[O-].CCN(CC)c1nc(NCc2ccc(F)cc2)ccc1[N+](=O)[O-].O=[N+]([O-])c1ccc(Cl)nc1Cl. The maximum atomic E-state index is 13.4. The van der Waals surface area contributed by atoms with Gasteiger partial charge in [-0.15, -0.1) is 0 Å². The maximum Gasteiger partial charge on any atom is 0.311 e. The minimum absolute atomic E-state index is 0.0110. The van der Waals surface area contributed by atoms with Crippen molar-refractivity contribution in [3.63, 3.8) is 0 Å². The van der Waals surface area contributed by atoms with Gasteiger partial charge in [0.1, 0.15) is 68.5 Å². The molecule has 30 nitrogen and oxygen atoms in total. The molecule has 11 rings (SSSR count). The summed E-state index contributed by atoms with van der Waals surface area (Å²) < 4.78 is 78.5. The second kappa shape index (κ2) is 51.4. The highest BCUT2D eigenvalue weighted by Crippen LogP contribution is 2.33. The summed E-state index contributed by atoms with van der Waals surface area (Å²) in [5.74, 6) is 1.90. The van der Waals surface area contributed by atoms with Crippen molar-refractivity contribution in [3.05, 3.63) is 307 Å². The van der Waals surface area contributed by atoms with Gasteiger partial charge in [0.2, 0.25) is 28.5 Å². The molecule has 0 fully saturated rings. The van der Waals surface area contributed by atoms with E-state index in [1.807, 2.05) is 82.2 Å². The number of nitrogens with two attached hydrogens (primary N) is 1. The molecule has 0 atom stereocenters. The quantitative estimate of drug-likeness (QED) is 0.00944. The molecule has 11 aromatic rings. The van der Waals surface area contributed by atoms with E-state index in [0.29, 0.717) is 131 Å². The van der Waals surface area contributed by atoms with E-state index in [0.717, 1.165) is 65.2 Å². The van der Waals surface area contributed by atoms with Gasteiger partial charge in [0, 0.05) is 122 Å². The van der Waals surface area contributed by atoms with Crippen LogP contribution in [0.4, 0.5) is 113 Å². The number of anilines is 11. The summed E-state index contributed by atoms with van der Waals surface area (Å²) in [7, 11) is 0. The summed E-state index contributed by atoms with van der Waals surface area (Å²) in [4.78, 5) is 88.8. The third kappa shape index (κ3) is 32.4. The number of nitrogen functional groups attached to an aromatic ring is 1. The largest absolute Gasteiger partial charge is 0.396 e. The molecule has 125 heavy (non-hydrogen) atoms. The lowest BCUT2D eigenvalue weighted by atomic mass is 10.1. The van der Waals surface area contributed by atoms with Crippen molar-refractivity contribution in [3.8, 4) is 0 Å². The fourth-order valence-corrected chi connectivity index (χ4v) is 12.3. The lowest BCUT2D eigenvalue weighted by molar-refractivity contribution is -0.385. The van der Waals surface area contributed by atoms with Crippen molar-refractivity contribution < 1.29 is 50.8 Å². The molecule has 0 spiro atoms. The van der Waals surface area contributed by atoms with E-state index in [9.17, 15) is 71.6 Å². The average Bonchev–Trinajstić information content (AvgIpc) is 0.818. The molecule has 0 bridgehead atoms. The van der Waals surface area contributed by atoms with Crippen LogP contribution in [0.3, 0.4) is 0 Å². The van der Waals surface area contributed by atoms with Crippen LogP contribution in [0.5, 0.6) is 0 Å². The number of amides is 1. The molecule has 0 aliphatic carbocycles. The van der Waals surface area contributed by atoms with Crippen molar-refractivity contribution in [1.29, 1.82) is 0 Å². The third-order valence-corrected chi connectivity index (χ3v) is 19.0. The molecule has 0 radical (unpaired) electrons. The van der Waals surface area contributed by atoms with Gasteiger partial charge in [-0.25, -0.2) is 56.2 Å². The Kier molecular flexibility index (Phi) is 41.3. The van der Waals surface area contributed by atoms with Gasteiger partial charge < -0.3 is 56.8 Å². The molecule has 5 aromatic carbocycles. The minimum Gasteiger partial charge on any atom is -0.396 e. The van der Waals surface area contributed by atoms with Gasteiger partial charge in [0.15, 0.2) is 11.6 Å². The highest BCUT2D eigenvalue weighted by atomic mass is 35.5. The standard InChI is InChI=1S/C24H25F3N4O.2C16H19FN4O2.C16H21FN4.C9H12ClN3O2.C5H2Cl2N2O2/c1-3-31(4-2)24-21(29-23(32)13-17-11-19(26)14-20(27)12-17)9-10-22(30-24)28-15-16-5-7-18(25)8-6-16;2*1-3-20(4-2)16-14(21(22)23)9-10-15(19-16)18-11-12-5-7-13(17)8-6-12;1-3-21(4-2)16-14(18)9-10-15(20-16)19-11-12-5-7-13(17)8-6-12;1-3-12(4-2)9-7(13(14)15)5-6-8(10)11-9;6-4-2-1-3(9(10)11)5(7)8-4/h5-12,14H,3-4,13,15H2,1-2H3,(H,28,30)(H,29,32);2*5-10H,3-4,11H2,1-2H3,(H,18,19);5-10H,3-4,11,18H2,1-2H3,(H,19,20);5-6H,3-4H2,1-2H3;1-2H. The molecular weight excluding hydrogens is 1690 g/mol. The number of benzene rings is 5. The molecule has 0 aliphatic rings. The van der Waals surface area contributed by atoms with Crippen molar-refractivity contribution in [2.45, 2.75) is 102 Å². The van der Waals surface area contributed by atoms with Gasteiger partial charge >= 0.3 is 22.7 Å². The van der Waals surface area contributed by atoms with Gasteiger partial charge in [-0.2, -0.15) is 0 Å². The highest BCUT2D eigenvalue weighted by Gasteiger charge is 2.24. The van der Waals surface area contributed by atoms with Crippen LogP contribution < -0.4 is 56.8 Å². The van der Waals surface area contributed by atoms with Crippen molar-refractivity contribution in [2.75, 3.05) is 122 Å². The molecule has 0 unspecified atom stereocenters. The number of carbonyl (C=O) groups excluding carboxylic acids is 1. The first-order valence-electron chi connectivity index (χ1n) is 39.6. The van der Waals surface area contributed by atoms with Crippen LogP contribution in [0.1, 0.15) is 97.1 Å². The molecule has 6 heterocycles. The topological polar surface area (TPSA) is 369 Å². The van der Waals surface area contributed by atoms with Crippen LogP contribution in [0, 0.1) is 75.4 Å². The molecule has 0 aliphatic heterocycles. The summed E-state index contributed by atoms with van der Waals surface area (Å²) in [5.41, 5.74) is 10.8. The molecule has 664 valence electrons. The molecule has 7 N–H and O–H groups in total. The number of carbonyl (C=O) groups is 1. The van der Waals surface area contributed by atoms with E-state index in [-0.39, 0.29) is 73.5 Å². The molecule has 6 aromatic heterocycles. The van der Waals surface area contributed by atoms with E-state index in [1.165, 1.54) is 84.9 Å². The Morgan fingerprint density at radius 2 is 0.600 bits per heavy atom. The lowest BCUT2D eigenvalue weighted by Crippen LogP contribution is -2.26. The molecule has 0 saturated carbocycles.